The van der Waals surface area contributed by atoms with Gasteiger partial charge in [0.1, 0.15) is 0 Å². The summed E-state index contributed by atoms with van der Waals surface area (Å²) in [6.45, 7) is 2.29. The third-order valence-electron chi connectivity index (χ3n) is 3.08. The van der Waals surface area contributed by atoms with Crippen molar-refractivity contribution in [3.63, 3.8) is 0 Å². The van der Waals surface area contributed by atoms with Crippen LogP contribution in [-0.4, -0.2) is 44.1 Å². The maximum Gasteiger partial charge on any atom is 0.215 e. The fraction of sp³-hybridized carbons (Fsp3) is 0.357. The summed E-state index contributed by atoms with van der Waals surface area (Å²) >= 11 is 0. The van der Waals surface area contributed by atoms with Gasteiger partial charge in [0, 0.05) is 37.4 Å². The number of anilines is 1. The first-order chi connectivity index (χ1) is 9.40. The number of pyridine rings is 1. The molecule has 6 heteroatoms. The number of aromatic nitrogens is 1. The van der Waals surface area contributed by atoms with Gasteiger partial charge in [-0.05, 0) is 19.1 Å². The molecule has 0 spiro atoms. The standard InChI is InChI=1S/C14H19N3O2S/c1-11-10-14(12-6-4-5-7-13(12)16-11)15-8-9-20(18,19)17(2)3/h4-7,10H,8-9H2,1-3H3,(H,15,16). The van der Waals surface area contributed by atoms with Crippen LogP contribution in [0.1, 0.15) is 5.69 Å². The molecule has 0 saturated carbocycles. The van der Waals surface area contributed by atoms with E-state index in [1.165, 1.54) is 4.31 Å². The van der Waals surface area contributed by atoms with E-state index in [1.54, 1.807) is 14.1 Å². The molecule has 1 aromatic heterocycles. The Hall–Kier alpha value is -1.66. The Labute approximate surface area is 119 Å². The number of hydrogen-bond donors (Lipinski definition) is 1. The van der Waals surface area contributed by atoms with E-state index in [0.29, 0.717) is 6.54 Å². The minimum atomic E-state index is -3.18. The molecule has 0 bridgehead atoms. The van der Waals surface area contributed by atoms with Gasteiger partial charge in [0.05, 0.1) is 11.3 Å². The van der Waals surface area contributed by atoms with Crippen LogP contribution in [0.3, 0.4) is 0 Å². The van der Waals surface area contributed by atoms with Gasteiger partial charge in [0.15, 0.2) is 0 Å². The lowest BCUT2D eigenvalue weighted by molar-refractivity contribution is 0.521. The number of fused-ring (bicyclic) bond motifs is 1. The quantitative estimate of drug-likeness (QED) is 0.914. The Bertz CT molecular complexity index is 711. The fourth-order valence-corrected chi connectivity index (χ4v) is 2.68. The van der Waals surface area contributed by atoms with Gasteiger partial charge in [-0.1, -0.05) is 18.2 Å². The van der Waals surface area contributed by atoms with Gasteiger partial charge in [0.2, 0.25) is 10.0 Å². The topological polar surface area (TPSA) is 62.3 Å². The van der Waals surface area contributed by atoms with Crippen molar-refractivity contribution in [1.82, 2.24) is 9.29 Å². The number of hydrogen-bond acceptors (Lipinski definition) is 4. The van der Waals surface area contributed by atoms with Gasteiger partial charge in [0.25, 0.3) is 0 Å². The summed E-state index contributed by atoms with van der Waals surface area (Å²) in [4.78, 5) is 4.45. The van der Waals surface area contributed by atoms with Crippen molar-refractivity contribution >= 4 is 26.6 Å². The zero-order valence-corrected chi connectivity index (χ0v) is 12.7. The van der Waals surface area contributed by atoms with Gasteiger partial charge in [-0.25, -0.2) is 12.7 Å². The SMILES string of the molecule is Cc1cc(NCCS(=O)(=O)N(C)C)c2ccccc2n1. The predicted octanol–water partition coefficient (Wildman–Crippen LogP) is 1.85. The second-order valence-electron chi connectivity index (χ2n) is 4.85. The van der Waals surface area contributed by atoms with Crippen molar-refractivity contribution in [2.75, 3.05) is 31.7 Å². The lowest BCUT2D eigenvalue weighted by Gasteiger charge is -2.13. The Morgan fingerprint density at radius 1 is 1.25 bits per heavy atom. The van der Waals surface area contributed by atoms with Crippen LogP contribution >= 0.6 is 0 Å². The van der Waals surface area contributed by atoms with Crippen LogP contribution in [0, 0.1) is 6.92 Å². The number of sulfonamides is 1. The summed E-state index contributed by atoms with van der Waals surface area (Å²) in [7, 11) is -0.0906. The van der Waals surface area contributed by atoms with Gasteiger partial charge < -0.3 is 5.32 Å². The van der Waals surface area contributed by atoms with Crippen LogP contribution in [0.2, 0.25) is 0 Å². The van der Waals surface area contributed by atoms with Crippen LogP contribution in [0.15, 0.2) is 30.3 Å². The number of aryl methyl sites for hydroxylation is 1. The van der Waals surface area contributed by atoms with E-state index in [2.05, 4.69) is 10.3 Å². The molecule has 0 amide bonds. The second kappa shape index (κ2) is 5.76. The molecule has 0 radical (unpaired) electrons. The molecule has 20 heavy (non-hydrogen) atoms. The van der Waals surface area contributed by atoms with Crippen molar-refractivity contribution in [2.45, 2.75) is 6.92 Å². The first-order valence-electron chi connectivity index (χ1n) is 6.40. The van der Waals surface area contributed by atoms with Crippen LogP contribution in [0.25, 0.3) is 10.9 Å². The molecule has 108 valence electrons. The number of rotatable bonds is 5. The van der Waals surface area contributed by atoms with E-state index in [4.69, 9.17) is 0 Å². The normalized spacial score (nSPS) is 12.0. The average molecular weight is 293 g/mol. The molecule has 1 heterocycles. The molecule has 5 nitrogen and oxygen atoms in total. The van der Waals surface area contributed by atoms with Crippen LogP contribution in [0.5, 0.6) is 0 Å². The number of para-hydroxylation sites is 1. The smallest absolute Gasteiger partial charge is 0.215 e. The molecule has 0 atom stereocenters. The summed E-state index contributed by atoms with van der Waals surface area (Å²) in [5.41, 5.74) is 2.73. The van der Waals surface area contributed by atoms with E-state index in [-0.39, 0.29) is 5.75 Å². The monoisotopic (exact) mass is 293 g/mol. The minimum Gasteiger partial charge on any atom is -0.383 e. The highest BCUT2D eigenvalue weighted by Gasteiger charge is 2.13. The third kappa shape index (κ3) is 3.26. The van der Waals surface area contributed by atoms with Crippen molar-refractivity contribution in [3.8, 4) is 0 Å². The Balaban J connectivity index is 2.18. The molecule has 1 N–H and O–H groups in total. The summed E-state index contributed by atoms with van der Waals surface area (Å²) in [6, 6.07) is 9.75. The average Bonchev–Trinajstić information content (AvgIpc) is 2.38. The lowest BCUT2D eigenvalue weighted by Crippen LogP contribution is -2.28. The van der Waals surface area contributed by atoms with E-state index >= 15 is 0 Å². The number of nitrogens with zero attached hydrogens (tertiary/aromatic N) is 2. The predicted molar refractivity (Wildman–Crippen MR) is 82.4 cm³/mol. The highest BCUT2D eigenvalue weighted by molar-refractivity contribution is 7.89. The van der Waals surface area contributed by atoms with E-state index in [0.717, 1.165) is 22.3 Å². The Kier molecular flexibility index (Phi) is 4.25. The molecule has 2 rings (SSSR count). The van der Waals surface area contributed by atoms with Crippen LogP contribution in [-0.2, 0) is 10.0 Å². The first kappa shape index (κ1) is 14.7. The lowest BCUT2D eigenvalue weighted by atomic mass is 10.1. The van der Waals surface area contributed by atoms with Gasteiger partial charge in [-0.2, -0.15) is 0 Å². The summed E-state index contributed by atoms with van der Waals surface area (Å²) < 4.78 is 24.7. The van der Waals surface area contributed by atoms with Crippen molar-refractivity contribution in [2.24, 2.45) is 0 Å². The van der Waals surface area contributed by atoms with E-state index < -0.39 is 10.0 Å². The second-order valence-corrected chi connectivity index (χ2v) is 7.16. The largest absolute Gasteiger partial charge is 0.383 e. The maximum absolute atomic E-state index is 11.7. The Morgan fingerprint density at radius 2 is 1.95 bits per heavy atom. The molecular weight excluding hydrogens is 274 g/mol. The van der Waals surface area contributed by atoms with Crippen molar-refractivity contribution in [1.29, 1.82) is 0 Å². The molecule has 0 aliphatic carbocycles. The van der Waals surface area contributed by atoms with E-state index in [1.807, 2.05) is 37.3 Å². The van der Waals surface area contributed by atoms with Crippen molar-refractivity contribution in [3.05, 3.63) is 36.0 Å². The molecule has 2 aromatic rings. The first-order valence-corrected chi connectivity index (χ1v) is 8.01. The molecule has 0 fully saturated rings. The molecule has 1 aromatic carbocycles. The molecular formula is C14H19N3O2S. The molecule has 0 saturated heterocycles. The third-order valence-corrected chi connectivity index (χ3v) is 4.91. The number of nitrogens with one attached hydrogen (secondary N) is 1. The molecule has 0 aliphatic rings. The zero-order chi connectivity index (χ0) is 14.8. The van der Waals surface area contributed by atoms with Gasteiger partial charge in [-0.15, -0.1) is 0 Å². The summed E-state index contributed by atoms with van der Waals surface area (Å²) in [5, 5.41) is 4.19. The van der Waals surface area contributed by atoms with E-state index in [9.17, 15) is 8.42 Å². The molecule has 0 aliphatic heterocycles. The molecule has 0 unspecified atom stereocenters. The van der Waals surface area contributed by atoms with Crippen molar-refractivity contribution < 1.29 is 8.42 Å². The minimum absolute atomic E-state index is 0.0652. The Morgan fingerprint density at radius 3 is 2.65 bits per heavy atom. The van der Waals surface area contributed by atoms with Crippen LogP contribution in [0.4, 0.5) is 5.69 Å². The summed E-state index contributed by atoms with van der Waals surface area (Å²) in [6.07, 6.45) is 0. The maximum atomic E-state index is 11.7. The van der Waals surface area contributed by atoms with Crippen LogP contribution < -0.4 is 5.32 Å². The zero-order valence-electron chi connectivity index (χ0n) is 11.9. The summed E-state index contributed by atoms with van der Waals surface area (Å²) in [5.74, 6) is 0.0652. The highest BCUT2D eigenvalue weighted by atomic mass is 32.2. The van der Waals surface area contributed by atoms with Gasteiger partial charge in [-0.3, -0.25) is 4.98 Å². The fourth-order valence-electron chi connectivity index (χ4n) is 1.95. The van der Waals surface area contributed by atoms with Gasteiger partial charge >= 0.3 is 0 Å². The highest BCUT2D eigenvalue weighted by Crippen LogP contribution is 2.22. The number of benzene rings is 1.